The van der Waals surface area contributed by atoms with E-state index in [-0.39, 0.29) is 28.4 Å². The standard InChI is InChI=1S/C17H14O4/c1-11(18)13-9-14(17(21)10-16(13)20)15(19)8-7-12-5-3-2-4-6-12/h2-10,20-21H,1H3/b8-7+. The van der Waals surface area contributed by atoms with Crippen molar-refractivity contribution >= 4 is 17.6 Å². The highest BCUT2D eigenvalue weighted by atomic mass is 16.3. The molecule has 0 bridgehead atoms. The van der Waals surface area contributed by atoms with Crippen LogP contribution in [0.15, 0.2) is 48.5 Å². The summed E-state index contributed by atoms with van der Waals surface area (Å²) in [7, 11) is 0. The Balaban J connectivity index is 2.33. The lowest BCUT2D eigenvalue weighted by Crippen LogP contribution is -2.00. The Kier molecular flexibility index (Phi) is 4.18. The quantitative estimate of drug-likeness (QED) is 0.667. The smallest absolute Gasteiger partial charge is 0.189 e. The number of phenols is 2. The van der Waals surface area contributed by atoms with Gasteiger partial charge >= 0.3 is 0 Å². The number of aromatic hydroxyl groups is 2. The van der Waals surface area contributed by atoms with Gasteiger partial charge < -0.3 is 10.2 Å². The molecule has 0 saturated carbocycles. The molecule has 0 fully saturated rings. The number of phenolic OH excluding ortho intramolecular Hbond substituents is 2. The van der Waals surface area contributed by atoms with Crippen LogP contribution < -0.4 is 0 Å². The summed E-state index contributed by atoms with van der Waals surface area (Å²) < 4.78 is 0. The van der Waals surface area contributed by atoms with E-state index in [4.69, 9.17) is 0 Å². The molecule has 21 heavy (non-hydrogen) atoms. The van der Waals surface area contributed by atoms with E-state index in [0.717, 1.165) is 11.6 Å². The molecule has 4 heteroatoms. The Morgan fingerprint density at radius 3 is 2.19 bits per heavy atom. The predicted molar refractivity (Wildman–Crippen MR) is 79.6 cm³/mol. The van der Waals surface area contributed by atoms with Crippen LogP contribution in [0.4, 0.5) is 0 Å². The Morgan fingerprint density at radius 2 is 1.57 bits per heavy atom. The van der Waals surface area contributed by atoms with Crippen molar-refractivity contribution in [2.45, 2.75) is 6.92 Å². The Hall–Kier alpha value is -2.88. The molecule has 0 radical (unpaired) electrons. The zero-order valence-corrected chi connectivity index (χ0v) is 11.4. The number of hydrogen-bond acceptors (Lipinski definition) is 4. The molecular formula is C17H14O4. The molecule has 2 aromatic rings. The molecule has 0 atom stereocenters. The van der Waals surface area contributed by atoms with Crippen LogP contribution in [-0.2, 0) is 0 Å². The third-order valence-corrected chi connectivity index (χ3v) is 2.99. The van der Waals surface area contributed by atoms with Crippen molar-refractivity contribution in [2.75, 3.05) is 0 Å². The maximum atomic E-state index is 12.1. The van der Waals surface area contributed by atoms with Crippen molar-refractivity contribution in [3.63, 3.8) is 0 Å². The molecule has 0 aliphatic carbocycles. The molecule has 4 nitrogen and oxygen atoms in total. The summed E-state index contributed by atoms with van der Waals surface area (Å²) in [5.41, 5.74) is 0.824. The molecule has 0 unspecified atom stereocenters. The summed E-state index contributed by atoms with van der Waals surface area (Å²) in [6.07, 6.45) is 2.92. The third-order valence-electron chi connectivity index (χ3n) is 2.99. The minimum absolute atomic E-state index is 0.00395. The van der Waals surface area contributed by atoms with Crippen LogP contribution in [0.3, 0.4) is 0 Å². The second kappa shape index (κ2) is 6.05. The van der Waals surface area contributed by atoms with Gasteiger partial charge in [0, 0.05) is 6.07 Å². The molecule has 0 aliphatic rings. The number of carbonyl (C=O) groups is 2. The van der Waals surface area contributed by atoms with Gasteiger partial charge in [0.15, 0.2) is 11.6 Å². The van der Waals surface area contributed by atoms with Crippen molar-refractivity contribution in [1.82, 2.24) is 0 Å². The predicted octanol–water partition coefficient (Wildman–Crippen LogP) is 3.20. The minimum atomic E-state index is -0.446. The van der Waals surface area contributed by atoms with Crippen molar-refractivity contribution < 1.29 is 19.8 Å². The molecule has 106 valence electrons. The van der Waals surface area contributed by atoms with Crippen molar-refractivity contribution in [1.29, 1.82) is 0 Å². The molecule has 2 rings (SSSR count). The van der Waals surface area contributed by atoms with Crippen molar-refractivity contribution in [3.8, 4) is 11.5 Å². The molecule has 0 aliphatic heterocycles. The highest BCUT2D eigenvalue weighted by Gasteiger charge is 2.15. The van der Waals surface area contributed by atoms with E-state index >= 15 is 0 Å². The van der Waals surface area contributed by atoms with E-state index in [9.17, 15) is 19.8 Å². The minimum Gasteiger partial charge on any atom is -0.507 e. The summed E-state index contributed by atoms with van der Waals surface area (Å²) in [6, 6.07) is 11.4. The van der Waals surface area contributed by atoms with Gasteiger partial charge in [-0.15, -0.1) is 0 Å². The fraction of sp³-hybridized carbons (Fsp3) is 0.0588. The second-order valence-electron chi connectivity index (χ2n) is 4.55. The third kappa shape index (κ3) is 3.36. The van der Waals surface area contributed by atoms with Crippen LogP contribution in [0, 0.1) is 0 Å². The van der Waals surface area contributed by atoms with Crippen LogP contribution in [0.1, 0.15) is 33.2 Å². The number of ketones is 2. The summed E-state index contributed by atoms with van der Waals surface area (Å²) >= 11 is 0. The second-order valence-corrected chi connectivity index (χ2v) is 4.55. The number of rotatable bonds is 4. The average molecular weight is 282 g/mol. The molecule has 0 aromatic heterocycles. The number of carbonyl (C=O) groups excluding carboxylic acids is 2. The number of Topliss-reactive ketones (excluding diaryl/α,β-unsaturated/α-hetero) is 1. The lowest BCUT2D eigenvalue weighted by Gasteiger charge is -2.06. The van der Waals surface area contributed by atoms with Crippen LogP contribution in [0.5, 0.6) is 11.5 Å². The van der Waals surface area contributed by atoms with E-state index in [2.05, 4.69) is 0 Å². The van der Waals surface area contributed by atoms with Crippen LogP contribution in [0.2, 0.25) is 0 Å². The largest absolute Gasteiger partial charge is 0.507 e. The van der Waals surface area contributed by atoms with Gasteiger partial charge in [-0.2, -0.15) is 0 Å². The molecule has 0 heterocycles. The van der Waals surface area contributed by atoms with Gasteiger partial charge in [-0.3, -0.25) is 9.59 Å². The fourth-order valence-electron chi connectivity index (χ4n) is 1.88. The van der Waals surface area contributed by atoms with Gasteiger partial charge in [0.2, 0.25) is 0 Å². The van der Waals surface area contributed by atoms with Crippen LogP contribution in [-0.4, -0.2) is 21.8 Å². The molecule has 2 N–H and O–H groups in total. The Morgan fingerprint density at radius 1 is 0.952 bits per heavy atom. The monoisotopic (exact) mass is 282 g/mol. The maximum absolute atomic E-state index is 12.1. The van der Waals surface area contributed by atoms with E-state index in [0.29, 0.717) is 0 Å². The molecule has 0 amide bonds. The SMILES string of the molecule is CC(=O)c1cc(C(=O)/C=C/c2ccccc2)c(O)cc1O. The number of benzene rings is 2. The van der Waals surface area contributed by atoms with Gasteiger partial charge in [0.05, 0.1) is 11.1 Å². The van der Waals surface area contributed by atoms with Crippen LogP contribution in [0.25, 0.3) is 6.08 Å². The molecular weight excluding hydrogens is 268 g/mol. The number of allylic oxidation sites excluding steroid dienone is 1. The fourth-order valence-corrected chi connectivity index (χ4v) is 1.88. The zero-order valence-electron chi connectivity index (χ0n) is 11.4. The van der Waals surface area contributed by atoms with E-state index in [1.807, 2.05) is 30.3 Å². The van der Waals surface area contributed by atoms with Gasteiger partial charge in [-0.1, -0.05) is 36.4 Å². The van der Waals surface area contributed by atoms with Gasteiger partial charge in [-0.05, 0) is 24.6 Å². The van der Waals surface area contributed by atoms with E-state index in [1.165, 1.54) is 19.1 Å². The summed E-state index contributed by atoms with van der Waals surface area (Å²) in [4.78, 5) is 23.4. The summed E-state index contributed by atoms with van der Waals surface area (Å²) in [5.74, 6) is -1.53. The molecule has 0 saturated heterocycles. The normalized spacial score (nSPS) is 10.7. The highest BCUT2D eigenvalue weighted by Crippen LogP contribution is 2.28. The Bertz CT molecular complexity index is 715. The lowest BCUT2D eigenvalue weighted by molar-refractivity contribution is 0.101. The first-order valence-electron chi connectivity index (χ1n) is 6.33. The number of hydrogen-bond donors (Lipinski definition) is 2. The maximum Gasteiger partial charge on any atom is 0.189 e. The lowest BCUT2D eigenvalue weighted by atomic mass is 10.0. The Labute approximate surface area is 122 Å². The van der Waals surface area contributed by atoms with E-state index < -0.39 is 5.78 Å². The zero-order chi connectivity index (χ0) is 15.4. The van der Waals surface area contributed by atoms with Crippen molar-refractivity contribution in [3.05, 3.63) is 65.2 Å². The van der Waals surface area contributed by atoms with Gasteiger partial charge in [0.25, 0.3) is 0 Å². The van der Waals surface area contributed by atoms with E-state index in [1.54, 1.807) is 6.08 Å². The van der Waals surface area contributed by atoms with Crippen LogP contribution >= 0.6 is 0 Å². The average Bonchev–Trinajstić information content (AvgIpc) is 2.45. The first-order valence-corrected chi connectivity index (χ1v) is 6.33. The first-order chi connectivity index (χ1) is 9.99. The summed E-state index contributed by atoms with van der Waals surface area (Å²) in [5, 5.41) is 19.3. The highest BCUT2D eigenvalue weighted by molar-refractivity contribution is 6.10. The first kappa shape index (κ1) is 14.5. The van der Waals surface area contributed by atoms with Gasteiger partial charge in [-0.25, -0.2) is 0 Å². The van der Waals surface area contributed by atoms with Gasteiger partial charge in [0.1, 0.15) is 11.5 Å². The topological polar surface area (TPSA) is 74.6 Å². The molecule has 0 spiro atoms. The van der Waals surface area contributed by atoms with Crippen molar-refractivity contribution in [2.24, 2.45) is 0 Å². The molecule has 2 aromatic carbocycles. The summed E-state index contributed by atoms with van der Waals surface area (Å²) in [6.45, 7) is 1.28.